The minimum Gasteiger partial charge on any atom is -0.493 e. The number of methoxy groups -OCH3 is 1. The van der Waals surface area contributed by atoms with Crippen LogP contribution in [0.3, 0.4) is 0 Å². The third kappa shape index (κ3) is 4.37. The molecule has 0 radical (unpaired) electrons. The molecule has 0 aromatic heterocycles. The Morgan fingerprint density at radius 1 is 1.41 bits per heavy atom. The number of hydrogen-bond donors (Lipinski definition) is 1. The van der Waals surface area contributed by atoms with Crippen LogP contribution < -0.4 is 14.8 Å². The monoisotopic (exact) mass is 306 g/mol. The Balaban J connectivity index is 1.89. The average Bonchev–Trinajstić information content (AvgIpc) is 2.54. The van der Waals surface area contributed by atoms with Crippen LogP contribution in [0.1, 0.15) is 18.4 Å². The van der Waals surface area contributed by atoms with E-state index in [1.807, 2.05) is 37.1 Å². The lowest BCUT2D eigenvalue weighted by Gasteiger charge is -2.32. The third-order valence-electron chi connectivity index (χ3n) is 4.03. The molecule has 0 spiro atoms. The second-order valence-corrected chi connectivity index (χ2v) is 5.85. The zero-order chi connectivity index (χ0) is 15.9. The number of ether oxygens (including phenoxy) is 2. The van der Waals surface area contributed by atoms with Gasteiger partial charge < -0.3 is 19.7 Å². The number of rotatable bonds is 6. The fraction of sp³-hybridized carbons (Fsp3) is 0.588. The molecule has 1 fully saturated rings. The quantitative estimate of drug-likeness (QED) is 0.871. The molecule has 1 unspecified atom stereocenters. The zero-order valence-electron chi connectivity index (χ0n) is 13.7. The van der Waals surface area contributed by atoms with Crippen LogP contribution in [0.15, 0.2) is 18.2 Å². The van der Waals surface area contributed by atoms with Gasteiger partial charge in [0.05, 0.1) is 7.11 Å². The Bertz CT molecular complexity index is 503. The van der Waals surface area contributed by atoms with Crippen molar-refractivity contribution in [3.63, 3.8) is 0 Å². The van der Waals surface area contributed by atoms with Gasteiger partial charge in [0.15, 0.2) is 18.1 Å². The van der Waals surface area contributed by atoms with Crippen molar-refractivity contribution in [2.75, 3.05) is 40.4 Å². The highest BCUT2D eigenvalue weighted by atomic mass is 16.5. The van der Waals surface area contributed by atoms with Gasteiger partial charge in [-0.05, 0) is 57.0 Å². The molecule has 1 aliphatic rings. The summed E-state index contributed by atoms with van der Waals surface area (Å²) in [5.41, 5.74) is 1.10. The first-order valence-corrected chi connectivity index (χ1v) is 7.84. The molecule has 2 rings (SSSR count). The Morgan fingerprint density at radius 3 is 2.95 bits per heavy atom. The number of amides is 1. The summed E-state index contributed by atoms with van der Waals surface area (Å²) in [5, 5.41) is 3.19. The van der Waals surface area contributed by atoms with E-state index in [-0.39, 0.29) is 12.5 Å². The van der Waals surface area contributed by atoms with E-state index in [4.69, 9.17) is 9.47 Å². The Morgan fingerprint density at radius 2 is 2.23 bits per heavy atom. The normalized spacial score (nSPS) is 18.1. The summed E-state index contributed by atoms with van der Waals surface area (Å²) >= 11 is 0. The van der Waals surface area contributed by atoms with E-state index < -0.39 is 0 Å². The molecule has 1 aromatic carbocycles. The van der Waals surface area contributed by atoms with Crippen molar-refractivity contribution in [2.24, 2.45) is 5.92 Å². The smallest absolute Gasteiger partial charge is 0.260 e. The Hall–Kier alpha value is -1.75. The van der Waals surface area contributed by atoms with Crippen molar-refractivity contribution in [2.45, 2.75) is 19.8 Å². The number of nitrogens with one attached hydrogen (secondary N) is 1. The molecule has 1 N–H and O–H groups in total. The lowest BCUT2D eigenvalue weighted by atomic mass is 9.98. The second-order valence-electron chi connectivity index (χ2n) is 5.85. The van der Waals surface area contributed by atoms with Crippen molar-refractivity contribution < 1.29 is 14.3 Å². The molecule has 1 atom stereocenters. The molecule has 1 aliphatic heterocycles. The van der Waals surface area contributed by atoms with Gasteiger partial charge in [-0.3, -0.25) is 4.79 Å². The van der Waals surface area contributed by atoms with Crippen LogP contribution in [-0.2, 0) is 4.79 Å². The van der Waals surface area contributed by atoms with E-state index in [2.05, 4.69) is 5.32 Å². The summed E-state index contributed by atoms with van der Waals surface area (Å²) in [6, 6.07) is 5.71. The second kappa shape index (κ2) is 8.03. The predicted molar refractivity (Wildman–Crippen MR) is 86.5 cm³/mol. The molecule has 1 heterocycles. The van der Waals surface area contributed by atoms with Crippen LogP contribution in [0.25, 0.3) is 0 Å². The van der Waals surface area contributed by atoms with E-state index in [0.717, 1.165) is 31.6 Å². The number of carbonyl (C=O) groups excluding carboxylic acids is 1. The fourth-order valence-corrected chi connectivity index (χ4v) is 2.87. The van der Waals surface area contributed by atoms with Gasteiger partial charge in [-0.15, -0.1) is 0 Å². The standard InChI is InChI=1S/C17H26N2O3/c1-13-6-7-15(16(9-13)21-3)22-12-17(20)19-8-4-5-14(11-19)10-18-2/h6-7,9,14,18H,4-5,8,10-12H2,1-3H3. The number of likely N-dealkylation sites (tertiary alicyclic amines) is 1. The number of nitrogens with zero attached hydrogens (tertiary/aromatic N) is 1. The largest absolute Gasteiger partial charge is 0.493 e. The van der Waals surface area contributed by atoms with Gasteiger partial charge in [-0.1, -0.05) is 6.07 Å². The molecular weight excluding hydrogens is 280 g/mol. The van der Waals surface area contributed by atoms with Gasteiger partial charge in [-0.25, -0.2) is 0 Å². The van der Waals surface area contributed by atoms with E-state index in [9.17, 15) is 4.79 Å². The number of aryl methyl sites for hydroxylation is 1. The van der Waals surface area contributed by atoms with E-state index >= 15 is 0 Å². The van der Waals surface area contributed by atoms with E-state index in [1.54, 1.807) is 7.11 Å². The van der Waals surface area contributed by atoms with Crippen LogP contribution in [0.5, 0.6) is 11.5 Å². The lowest BCUT2D eigenvalue weighted by Crippen LogP contribution is -2.44. The number of carbonyl (C=O) groups is 1. The minimum absolute atomic E-state index is 0.0448. The van der Waals surface area contributed by atoms with Gasteiger partial charge in [-0.2, -0.15) is 0 Å². The molecule has 0 saturated carbocycles. The van der Waals surface area contributed by atoms with Gasteiger partial charge in [0.2, 0.25) is 0 Å². The first kappa shape index (κ1) is 16.6. The van der Waals surface area contributed by atoms with Crippen LogP contribution in [0, 0.1) is 12.8 Å². The maximum absolute atomic E-state index is 12.3. The van der Waals surface area contributed by atoms with Gasteiger partial charge >= 0.3 is 0 Å². The summed E-state index contributed by atoms with van der Waals surface area (Å²) in [4.78, 5) is 14.2. The van der Waals surface area contributed by atoms with Crippen molar-refractivity contribution in [1.82, 2.24) is 10.2 Å². The summed E-state index contributed by atoms with van der Waals surface area (Å²) in [7, 11) is 3.56. The highest BCUT2D eigenvalue weighted by molar-refractivity contribution is 5.78. The predicted octanol–water partition coefficient (Wildman–Crippen LogP) is 1.84. The van der Waals surface area contributed by atoms with Crippen LogP contribution in [0.2, 0.25) is 0 Å². The van der Waals surface area contributed by atoms with E-state index in [0.29, 0.717) is 17.4 Å². The lowest BCUT2D eigenvalue weighted by molar-refractivity contribution is -0.135. The van der Waals surface area contributed by atoms with Gasteiger partial charge in [0.25, 0.3) is 5.91 Å². The molecule has 1 aromatic rings. The van der Waals surface area contributed by atoms with Crippen molar-refractivity contribution in [3.05, 3.63) is 23.8 Å². The molecule has 5 heteroatoms. The first-order valence-electron chi connectivity index (χ1n) is 7.84. The van der Waals surface area contributed by atoms with Crippen molar-refractivity contribution in [1.29, 1.82) is 0 Å². The number of benzene rings is 1. The highest BCUT2D eigenvalue weighted by Crippen LogP contribution is 2.27. The Labute approximate surface area is 132 Å². The van der Waals surface area contributed by atoms with Gasteiger partial charge in [0.1, 0.15) is 0 Å². The summed E-state index contributed by atoms with van der Waals surface area (Å²) in [6.07, 6.45) is 2.24. The molecule has 0 bridgehead atoms. The zero-order valence-corrected chi connectivity index (χ0v) is 13.7. The van der Waals surface area contributed by atoms with Crippen LogP contribution in [0.4, 0.5) is 0 Å². The molecular formula is C17H26N2O3. The number of hydrogen-bond acceptors (Lipinski definition) is 4. The summed E-state index contributed by atoms with van der Waals surface area (Å²) < 4.78 is 11.0. The minimum atomic E-state index is 0.0448. The maximum Gasteiger partial charge on any atom is 0.260 e. The van der Waals surface area contributed by atoms with Crippen LogP contribution in [-0.4, -0.2) is 51.2 Å². The summed E-state index contributed by atoms with van der Waals surface area (Å²) in [5.74, 6) is 1.87. The molecule has 1 saturated heterocycles. The number of piperidine rings is 1. The molecule has 5 nitrogen and oxygen atoms in total. The van der Waals surface area contributed by atoms with E-state index in [1.165, 1.54) is 6.42 Å². The maximum atomic E-state index is 12.3. The molecule has 1 amide bonds. The highest BCUT2D eigenvalue weighted by Gasteiger charge is 2.23. The fourth-order valence-electron chi connectivity index (χ4n) is 2.87. The topological polar surface area (TPSA) is 50.8 Å². The molecule has 0 aliphatic carbocycles. The SMILES string of the molecule is CNCC1CCCN(C(=O)COc2ccc(C)cc2OC)C1. The Kier molecular flexibility index (Phi) is 6.07. The average molecular weight is 306 g/mol. The van der Waals surface area contributed by atoms with Crippen molar-refractivity contribution >= 4 is 5.91 Å². The van der Waals surface area contributed by atoms with Crippen LogP contribution >= 0.6 is 0 Å². The molecule has 22 heavy (non-hydrogen) atoms. The third-order valence-corrected chi connectivity index (χ3v) is 4.03. The van der Waals surface area contributed by atoms with Crippen molar-refractivity contribution in [3.8, 4) is 11.5 Å². The summed E-state index contributed by atoms with van der Waals surface area (Å²) in [6.45, 7) is 4.65. The first-order chi connectivity index (χ1) is 10.6. The molecule has 122 valence electrons. The van der Waals surface area contributed by atoms with Gasteiger partial charge in [0, 0.05) is 13.1 Å².